The van der Waals surface area contributed by atoms with E-state index in [1.54, 1.807) is 0 Å². The monoisotopic (exact) mass is 330 g/mol. The molecule has 5 rings (SSSR count). The number of piperidine rings is 1. The minimum Gasteiger partial charge on any atom is -0.350 e. The lowest BCUT2D eigenvalue weighted by molar-refractivity contribution is 0.0597. The number of amides is 1. The van der Waals surface area contributed by atoms with Crippen LogP contribution in [0.2, 0.25) is 0 Å². The summed E-state index contributed by atoms with van der Waals surface area (Å²) in [4.78, 5) is 15.6. The Balaban J connectivity index is 1.54. The van der Waals surface area contributed by atoms with Crippen molar-refractivity contribution in [2.45, 2.75) is 31.2 Å². The van der Waals surface area contributed by atoms with E-state index in [1.165, 1.54) is 17.5 Å². The first-order valence-corrected chi connectivity index (χ1v) is 9.17. The first-order valence-electron chi connectivity index (χ1n) is 9.17. The van der Waals surface area contributed by atoms with Crippen LogP contribution in [0.3, 0.4) is 0 Å². The van der Waals surface area contributed by atoms with Gasteiger partial charge in [0.15, 0.2) is 0 Å². The number of hydrogen-bond donors (Lipinski definition) is 0. The molecule has 126 valence electrons. The number of rotatable bonds is 1. The van der Waals surface area contributed by atoms with Gasteiger partial charge in [0, 0.05) is 42.7 Å². The summed E-state index contributed by atoms with van der Waals surface area (Å²) in [6.07, 6.45) is 5.28. The largest absolute Gasteiger partial charge is 0.350 e. The van der Waals surface area contributed by atoms with Crippen LogP contribution < -0.4 is 0 Å². The fraction of sp³-hybridized carbons (Fsp3) is 0.318. The Bertz CT molecular complexity index is 971. The van der Waals surface area contributed by atoms with Gasteiger partial charge in [-0.2, -0.15) is 0 Å². The van der Waals surface area contributed by atoms with Crippen LogP contribution in [0.1, 0.15) is 40.2 Å². The van der Waals surface area contributed by atoms with E-state index in [2.05, 4.69) is 45.9 Å². The van der Waals surface area contributed by atoms with Crippen LogP contribution in [-0.2, 0) is 13.5 Å². The number of carbonyl (C=O) groups is 1. The molecule has 1 unspecified atom stereocenters. The summed E-state index contributed by atoms with van der Waals surface area (Å²) in [5.41, 5.74) is 4.85. The maximum atomic E-state index is 13.4. The number of nitrogens with zero attached hydrogens (tertiary/aromatic N) is 2. The normalized spacial score (nSPS) is 22.0. The van der Waals surface area contributed by atoms with Gasteiger partial charge in [-0.15, -0.1) is 0 Å². The summed E-state index contributed by atoms with van der Waals surface area (Å²) in [6, 6.07) is 17.2. The molecule has 2 aromatic carbocycles. The Morgan fingerprint density at radius 2 is 1.88 bits per heavy atom. The highest BCUT2D eigenvalue weighted by Gasteiger charge is 2.41. The molecule has 0 bridgehead atoms. The summed E-state index contributed by atoms with van der Waals surface area (Å²) in [5, 5.41) is 1.06. The van der Waals surface area contributed by atoms with Crippen molar-refractivity contribution in [1.82, 2.24) is 9.47 Å². The van der Waals surface area contributed by atoms with Crippen LogP contribution in [0.5, 0.6) is 0 Å². The number of hydrogen-bond acceptors (Lipinski definition) is 1. The van der Waals surface area contributed by atoms with Gasteiger partial charge >= 0.3 is 0 Å². The molecule has 1 amide bonds. The third-order valence-corrected chi connectivity index (χ3v) is 6.05. The molecular formula is C22H22N2O. The highest BCUT2D eigenvalue weighted by Crippen LogP contribution is 2.42. The van der Waals surface area contributed by atoms with Crippen molar-refractivity contribution in [2.24, 2.45) is 7.05 Å². The van der Waals surface area contributed by atoms with E-state index >= 15 is 0 Å². The maximum Gasteiger partial charge on any atom is 0.256 e. The molecule has 3 nitrogen and oxygen atoms in total. The number of likely N-dealkylation sites (tertiary alicyclic amines) is 1. The number of carbonyl (C=O) groups excluding carboxylic acids is 1. The van der Waals surface area contributed by atoms with Crippen LogP contribution in [0.4, 0.5) is 0 Å². The quantitative estimate of drug-likeness (QED) is 0.659. The SMILES string of the molecule is Cn1cc(C(=O)N2CCCC3c4ccccc4C[C@@H]32)c2ccccc21. The minimum absolute atomic E-state index is 0.194. The Morgan fingerprint density at radius 1 is 1.08 bits per heavy atom. The van der Waals surface area contributed by atoms with Gasteiger partial charge < -0.3 is 9.47 Å². The van der Waals surface area contributed by atoms with E-state index in [1.807, 2.05) is 25.4 Å². The molecule has 0 saturated carbocycles. The number of benzene rings is 2. The van der Waals surface area contributed by atoms with Gasteiger partial charge in [0.2, 0.25) is 0 Å². The Kier molecular flexibility index (Phi) is 3.24. The van der Waals surface area contributed by atoms with E-state index < -0.39 is 0 Å². The van der Waals surface area contributed by atoms with E-state index in [4.69, 9.17) is 0 Å². The molecule has 2 atom stereocenters. The lowest BCUT2D eigenvalue weighted by Crippen LogP contribution is -2.46. The first-order chi connectivity index (χ1) is 12.2. The van der Waals surface area contributed by atoms with Crippen LogP contribution in [-0.4, -0.2) is 28.0 Å². The second kappa shape index (κ2) is 5.48. The van der Waals surface area contributed by atoms with E-state index in [-0.39, 0.29) is 5.91 Å². The second-order valence-corrected chi connectivity index (χ2v) is 7.39. The number of fused-ring (bicyclic) bond motifs is 4. The second-order valence-electron chi connectivity index (χ2n) is 7.39. The van der Waals surface area contributed by atoms with Gasteiger partial charge in [-0.1, -0.05) is 42.5 Å². The Hall–Kier alpha value is -2.55. The highest BCUT2D eigenvalue weighted by molar-refractivity contribution is 6.07. The fourth-order valence-electron chi connectivity index (χ4n) is 4.90. The van der Waals surface area contributed by atoms with Crippen molar-refractivity contribution in [2.75, 3.05) is 6.54 Å². The lowest BCUT2D eigenvalue weighted by atomic mass is 9.88. The van der Waals surface area contributed by atoms with Gasteiger partial charge in [0.05, 0.1) is 5.56 Å². The molecule has 2 aliphatic rings. The summed E-state index contributed by atoms with van der Waals surface area (Å²) < 4.78 is 2.06. The zero-order chi connectivity index (χ0) is 17.0. The molecular weight excluding hydrogens is 308 g/mol. The third-order valence-electron chi connectivity index (χ3n) is 6.05. The van der Waals surface area contributed by atoms with Gasteiger partial charge in [-0.25, -0.2) is 0 Å². The molecule has 25 heavy (non-hydrogen) atoms. The van der Waals surface area contributed by atoms with Gasteiger partial charge in [0.25, 0.3) is 5.91 Å². The molecule has 3 heteroatoms. The van der Waals surface area contributed by atoms with Crippen LogP contribution in [0.25, 0.3) is 10.9 Å². The predicted molar refractivity (Wildman–Crippen MR) is 99.9 cm³/mol. The average Bonchev–Trinajstić information content (AvgIpc) is 3.19. The average molecular weight is 330 g/mol. The number of aromatic nitrogens is 1. The molecule has 3 aromatic rings. The van der Waals surface area contributed by atoms with Crippen molar-refractivity contribution in [3.8, 4) is 0 Å². The van der Waals surface area contributed by atoms with Crippen molar-refractivity contribution < 1.29 is 4.79 Å². The summed E-state index contributed by atoms with van der Waals surface area (Å²) in [5.74, 6) is 0.697. The third kappa shape index (κ3) is 2.15. The highest BCUT2D eigenvalue weighted by atomic mass is 16.2. The van der Waals surface area contributed by atoms with Crippen molar-refractivity contribution in [1.29, 1.82) is 0 Å². The summed E-state index contributed by atoms with van der Waals surface area (Å²) >= 11 is 0. The summed E-state index contributed by atoms with van der Waals surface area (Å²) in [7, 11) is 2.02. The minimum atomic E-state index is 0.194. The summed E-state index contributed by atoms with van der Waals surface area (Å²) in [6.45, 7) is 0.872. The Morgan fingerprint density at radius 3 is 2.80 bits per heavy atom. The van der Waals surface area contributed by atoms with E-state index in [0.29, 0.717) is 12.0 Å². The van der Waals surface area contributed by atoms with Crippen molar-refractivity contribution in [3.05, 3.63) is 71.4 Å². The van der Waals surface area contributed by atoms with Crippen molar-refractivity contribution in [3.63, 3.8) is 0 Å². The smallest absolute Gasteiger partial charge is 0.256 e. The molecule has 1 fully saturated rings. The van der Waals surface area contributed by atoms with Gasteiger partial charge in [-0.05, 0) is 36.5 Å². The first kappa shape index (κ1) is 14.8. The standard InChI is InChI=1S/C22H22N2O/c1-23-14-19(18-9-4-5-11-20(18)23)22(25)24-12-6-10-17-16-8-3-2-7-15(16)13-21(17)24/h2-5,7-9,11,14,17,21H,6,10,12-13H2,1H3/t17?,21-/m0/s1. The molecule has 0 spiro atoms. The van der Waals surface area contributed by atoms with E-state index in [9.17, 15) is 4.79 Å². The molecule has 1 aliphatic carbocycles. The van der Waals surface area contributed by atoms with Crippen LogP contribution in [0.15, 0.2) is 54.7 Å². The number of aryl methyl sites for hydroxylation is 1. The van der Waals surface area contributed by atoms with Gasteiger partial charge in [-0.3, -0.25) is 4.79 Å². The number of para-hydroxylation sites is 1. The van der Waals surface area contributed by atoms with E-state index in [0.717, 1.165) is 35.9 Å². The lowest BCUT2D eigenvalue weighted by Gasteiger charge is -2.38. The molecule has 0 N–H and O–H groups in total. The van der Waals surface area contributed by atoms with Crippen molar-refractivity contribution >= 4 is 16.8 Å². The predicted octanol–water partition coefficient (Wildman–Crippen LogP) is 4.12. The maximum absolute atomic E-state index is 13.4. The Labute approximate surface area is 147 Å². The zero-order valence-corrected chi connectivity index (χ0v) is 14.5. The fourth-order valence-corrected chi connectivity index (χ4v) is 4.90. The van der Waals surface area contributed by atoms with Crippen LogP contribution in [0, 0.1) is 0 Å². The molecule has 0 radical (unpaired) electrons. The molecule has 1 aliphatic heterocycles. The topological polar surface area (TPSA) is 25.2 Å². The zero-order valence-electron chi connectivity index (χ0n) is 14.5. The van der Waals surface area contributed by atoms with Crippen LogP contribution >= 0.6 is 0 Å². The van der Waals surface area contributed by atoms with Gasteiger partial charge in [0.1, 0.15) is 0 Å². The molecule has 1 saturated heterocycles. The molecule has 2 heterocycles. The molecule has 1 aromatic heterocycles.